The van der Waals surface area contributed by atoms with Crippen LogP contribution in [-0.4, -0.2) is 15.9 Å². The molecule has 0 aliphatic heterocycles. The molecule has 0 bridgehead atoms. The summed E-state index contributed by atoms with van der Waals surface area (Å²) < 4.78 is 0. The predicted octanol–water partition coefficient (Wildman–Crippen LogP) is 5.43. The fourth-order valence-electron chi connectivity index (χ4n) is 3.73. The fourth-order valence-corrected chi connectivity index (χ4v) is 4.26. The van der Waals surface area contributed by atoms with Crippen LogP contribution in [0.1, 0.15) is 33.6 Å². The van der Waals surface area contributed by atoms with E-state index in [1.54, 1.807) is 6.20 Å². The van der Waals surface area contributed by atoms with Gasteiger partial charge in [0, 0.05) is 17.0 Å². The van der Waals surface area contributed by atoms with Gasteiger partial charge in [0.15, 0.2) is 5.13 Å². The van der Waals surface area contributed by atoms with Crippen molar-refractivity contribution in [2.24, 2.45) is 0 Å². The van der Waals surface area contributed by atoms with Crippen LogP contribution in [0.15, 0.2) is 66.2 Å². The minimum Gasteiger partial charge on any atom is -0.298 e. The van der Waals surface area contributed by atoms with Crippen LogP contribution in [0.25, 0.3) is 22.6 Å². The molecule has 0 radical (unpaired) electrons. The highest BCUT2D eigenvalue weighted by Gasteiger charge is 2.27. The molecule has 2 aromatic heterocycles. The van der Waals surface area contributed by atoms with Crippen LogP contribution in [0.3, 0.4) is 0 Å². The number of allylic oxidation sites excluding steroid dienone is 1. The molecule has 4 nitrogen and oxygen atoms in total. The van der Waals surface area contributed by atoms with Gasteiger partial charge in [-0.05, 0) is 41.7 Å². The smallest absolute Gasteiger partial charge is 0.258 e. The third-order valence-corrected chi connectivity index (χ3v) is 5.65. The standard InChI is InChI=1S/C23H17N3OS/c27-22(26-23-24-12-13-28-23)20-17-8-4-5-9-19(17)25-21-16(10-11-18(20)21)14-15-6-2-1-3-7-15/h1-9,12-14H,10-11H2,(H,24,26,27)/b16-14+. The quantitative estimate of drug-likeness (QED) is 0.513. The number of amides is 1. The van der Waals surface area contributed by atoms with Crippen molar-refractivity contribution in [1.82, 2.24) is 9.97 Å². The number of rotatable bonds is 3. The van der Waals surface area contributed by atoms with Gasteiger partial charge in [0.2, 0.25) is 0 Å². The SMILES string of the molecule is O=C(Nc1nccs1)c1c2c(nc3ccccc13)/C(=C/c1ccccc1)CC2. The second-order valence-corrected chi connectivity index (χ2v) is 7.60. The van der Waals surface area contributed by atoms with Crippen molar-refractivity contribution in [3.8, 4) is 0 Å². The normalized spacial score (nSPS) is 14.4. The lowest BCUT2D eigenvalue weighted by atomic mass is 10.00. The summed E-state index contributed by atoms with van der Waals surface area (Å²) in [7, 11) is 0. The molecule has 0 unspecified atom stereocenters. The fraction of sp³-hybridized carbons (Fsp3) is 0.0870. The summed E-state index contributed by atoms with van der Waals surface area (Å²) in [6.45, 7) is 0. The minimum atomic E-state index is -0.120. The van der Waals surface area contributed by atoms with Crippen molar-refractivity contribution >= 4 is 44.9 Å². The third-order valence-electron chi connectivity index (χ3n) is 4.96. The summed E-state index contributed by atoms with van der Waals surface area (Å²) >= 11 is 1.42. The molecular weight excluding hydrogens is 366 g/mol. The Kier molecular flexibility index (Phi) is 4.22. The van der Waals surface area contributed by atoms with Gasteiger partial charge >= 0.3 is 0 Å². The van der Waals surface area contributed by atoms with E-state index in [0.717, 1.165) is 40.6 Å². The Morgan fingerprint density at radius 1 is 1.04 bits per heavy atom. The van der Waals surface area contributed by atoms with Crippen LogP contribution in [-0.2, 0) is 6.42 Å². The van der Waals surface area contributed by atoms with E-state index in [4.69, 9.17) is 4.98 Å². The Morgan fingerprint density at radius 2 is 1.86 bits per heavy atom. The van der Waals surface area contributed by atoms with Gasteiger partial charge in [-0.25, -0.2) is 9.97 Å². The molecule has 2 aromatic carbocycles. The average Bonchev–Trinajstić information content (AvgIpc) is 3.37. The number of hydrogen-bond donors (Lipinski definition) is 1. The second kappa shape index (κ2) is 7.02. The number of nitrogens with one attached hydrogen (secondary N) is 1. The number of benzene rings is 2. The van der Waals surface area contributed by atoms with Crippen LogP contribution >= 0.6 is 11.3 Å². The van der Waals surface area contributed by atoms with Gasteiger partial charge in [-0.2, -0.15) is 0 Å². The third kappa shape index (κ3) is 3.00. The number of thiazole rings is 1. The second-order valence-electron chi connectivity index (χ2n) is 6.70. The van der Waals surface area contributed by atoms with Crippen molar-refractivity contribution in [2.45, 2.75) is 12.8 Å². The maximum absolute atomic E-state index is 13.2. The topological polar surface area (TPSA) is 54.9 Å². The molecule has 0 fully saturated rings. The first-order valence-electron chi connectivity index (χ1n) is 9.18. The zero-order valence-electron chi connectivity index (χ0n) is 15.1. The van der Waals surface area contributed by atoms with E-state index in [-0.39, 0.29) is 5.91 Å². The lowest BCUT2D eigenvalue weighted by molar-refractivity contribution is 0.102. The maximum Gasteiger partial charge on any atom is 0.258 e. The Labute approximate surface area is 166 Å². The molecular formula is C23H17N3OS. The van der Waals surface area contributed by atoms with Crippen molar-refractivity contribution in [3.05, 3.63) is 88.6 Å². The number of aromatic nitrogens is 2. The number of pyridine rings is 1. The van der Waals surface area contributed by atoms with Crippen LogP contribution in [0.5, 0.6) is 0 Å². The Morgan fingerprint density at radius 3 is 2.68 bits per heavy atom. The number of carbonyl (C=O) groups excluding carboxylic acids is 1. The van der Waals surface area contributed by atoms with Crippen molar-refractivity contribution in [3.63, 3.8) is 0 Å². The van der Waals surface area contributed by atoms with Crippen LogP contribution in [0.2, 0.25) is 0 Å². The lowest BCUT2D eigenvalue weighted by Crippen LogP contribution is -2.15. The number of carbonyl (C=O) groups is 1. The zero-order chi connectivity index (χ0) is 18.9. The summed E-state index contributed by atoms with van der Waals surface area (Å²) in [5.41, 5.74) is 5.84. The van der Waals surface area contributed by atoms with Gasteiger partial charge in [0.05, 0.1) is 16.8 Å². The lowest BCUT2D eigenvalue weighted by Gasteiger charge is -2.12. The summed E-state index contributed by atoms with van der Waals surface area (Å²) in [6.07, 6.45) is 5.56. The molecule has 4 aromatic rings. The molecule has 0 saturated carbocycles. The molecule has 136 valence electrons. The molecule has 1 aliphatic carbocycles. The van der Waals surface area contributed by atoms with E-state index >= 15 is 0 Å². The number of fused-ring (bicyclic) bond motifs is 2. The van der Waals surface area contributed by atoms with Gasteiger partial charge < -0.3 is 0 Å². The van der Waals surface area contributed by atoms with Gasteiger partial charge in [0.25, 0.3) is 5.91 Å². The maximum atomic E-state index is 13.2. The van der Waals surface area contributed by atoms with Gasteiger partial charge in [0.1, 0.15) is 0 Å². The van der Waals surface area contributed by atoms with Crippen LogP contribution in [0, 0.1) is 0 Å². The highest BCUT2D eigenvalue weighted by atomic mass is 32.1. The van der Waals surface area contributed by atoms with Crippen LogP contribution in [0.4, 0.5) is 5.13 Å². The first-order valence-corrected chi connectivity index (χ1v) is 10.1. The van der Waals surface area contributed by atoms with E-state index in [0.29, 0.717) is 10.7 Å². The van der Waals surface area contributed by atoms with Gasteiger partial charge in [-0.3, -0.25) is 10.1 Å². The molecule has 5 rings (SSSR count). The van der Waals surface area contributed by atoms with Crippen molar-refractivity contribution in [1.29, 1.82) is 0 Å². The van der Waals surface area contributed by atoms with Crippen molar-refractivity contribution < 1.29 is 4.79 Å². The molecule has 5 heteroatoms. The summed E-state index contributed by atoms with van der Waals surface area (Å²) in [4.78, 5) is 22.3. The van der Waals surface area contributed by atoms with Crippen LogP contribution < -0.4 is 5.32 Å². The zero-order valence-corrected chi connectivity index (χ0v) is 15.9. The molecule has 1 amide bonds. The molecule has 0 atom stereocenters. The molecule has 2 heterocycles. The van der Waals surface area contributed by atoms with E-state index in [1.165, 1.54) is 16.9 Å². The monoisotopic (exact) mass is 383 g/mol. The first kappa shape index (κ1) is 16.8. The molecule has 0 spiro atoms. The number of nitrogens with zero attached hydrogens (tertiary/aromatic N) is 2. The molecule has 28 heavy (non-hydrogen) atoms. The largest absolute Gasteiger partial charge is 0.298 e. The number of para-hydroxylation sites is 1. The van der Waals surface area contributed by atoms with E-state index in [1.807, 2.05) is 47.8 Å². The average molecular weight is 383 g/mol. The van der Waals surface area contributed by atoms with Crippen molar-refractivity contribution in [2.75, 3.05) is 5.32 Å². The van der Waals surface area contributed by atoms with Gasteiger partial charge in [-0.15, -0.1) is 11.3 Å². The Hall–Kier alpha value is -3.31. The summed E-state index contributed by atoms with van der Waals surface area (Å²) in [5.74, 6) is -0.120. The first-order chi connectivity index (χ1) is 13.8. The van der Waals surface area contributed by atoms with Gasteiger partial charge in [-0.1, -0.05) is 48.5 Å². The highest BCUT2D eigenvalue weighted by molar-refractivity contribution is 7.13. The molecule has 1 aliphatic rings. The molecule has 0 saturated heterocycles. The highest BCUT2D eigenvalue weighted by Crippen LogP contribution is 2.37. The Bertz CT molecular complexity index is 1200. The van der Waals surface area contributed by atoms with E-state index in [2.05, 4.69) is 28.5 Å². The Balaban J connectivity index is 1.66. The number of anilines is 1. The summed E-state index contributed by atoms with van der Waals surface area (Å²) in [6, 6.07) is 18.1. The minimum absolute atomic E-state index is 0.120. The number of hydrogen-bond acceptors (Lipinski definition) is 4. The van der Waals surface area contributed by atoms with E-state index in [9.17, 15) is 4.79 Å². The summed E-state index contributed by atoms with van der Waals surface area (Å²) in [5, 5.41) is 6.29. The molecule has 1 N–H and O–H groups in total. The predicted molar refractivity (Wildman–Crippen MR) is 114 cm³/mol. The van der Waals surface area contributed by atoms with E-state index < -0.39 is 0 Å².